The second-order valence-electron chi connectivity index (χ2n) is 8.27. The van der Waals surface area contributed by atoms with Gasteiger partial charge in [-0.3, -0.25) is 9.59 Å². The van der Waals surface area contributed by atoms with Crippen molar-refractivity contribution in [2.45, 2.75) is 32.3 Å². The number of likely N-dealkylation sites (tertiary alicyclic amines) is 1. The number of carboxylic acids is 1. The summed E-state index contributed by atoms with van der Waals surface area (Å²) in [6.45, 7) is 2.65. The second-order valence-corrected chi connectivity index (χ2v) is 8.67. The predicted molar refractivity (Wildman–Crippen MR) is 125 cm³/mol. The lowest BCUT2D eigenvalue weighted by Crippen LogP contribution is -2.46. The van der Waals surface area contributed by atoms with E-state index in [1.54, 1.807) is 36.1 Å². The topological polar surface area (TPSA) is 97.0 Å². The fourth-order valence-electron chi connectivity index (χ4n) is 4.31. The van der Waals surface area contributed by atoms with Crippen LogP contribution in [0, 0.1) is 5.92 Å². The highest BCUT2D eigenvalue weighted by Gasteiger charge is 2.29. The van der Waals surface area contributed by atoms with E-state index in [4.69, 9.17) is 25.9 Å². The van der Waals surface area contributed by atoms with Gasteiger partial charge in [-0.05, 0) is 43.9 Å². The molecule has 0 unspecified atom stereocenters. The SMILES string of the molecule is C[C@@H](Oc1ccc2c(-c3ccccc3Cl)cc(=O)oc2c1)C(=O)N1CCC[C@@H](CC(=O)O)C1. The number of aliphatic carboxylic acids is 1. The summed E-state index contributed by atoms with van der Waals surface area (Å²) >= 11 is 6.33. The molecule has 1 saturated heterocycles. The number of piperidine rings is 1. The van der Waals surface area contributed by atoms with E-state index in [0.29, 0.717) is 40.4 Å². The smallest absolute Gasteiger partial charge is 0.336 e. The molecule has 1 N–H and O–H groups in total. The fraction of sp³-hybridized carbons (Fsp3) is 0.320. The van der Waals surface area contributed by atoms with Gasteiger partial charge in [0.2, 0.25) is 0 Å². The quantitative estimate of drug-likeness (QED) is 0.530. The molecule has 172 valence electrons. The van der Waals surface area contributed by atoms with Gasteiger partial charge in [0.25, 0.3) is 5.91 Å². The molecule has 1 amide bonds. The van der Waals surface area contributed by atoms with Crippen molar-refractivity contribution in [2.75, 3.05) is 13.1 Å². The lowest BCUT2D eigenvalue weighted by molar-refractivity contribution is -0.143. The Hall–Kier alpha value is -3.32. The van der Waals surface area contributed by atoms with Crippen molar-refractivity contribution < 1.29 is 23.8 Å². The van der Waals surface area contributed by atoms with Crippen LogP contribution in [-0.2, 0) is 9.59 Å². The number of nitrogens with zero attached hydrogens (tertiary/aromatic N) is 1. The van der Waals surface area contributed by atoms with Crippen LogP contribution in [0.15, 0.2) is 57.7 Å². The summed E-state index contributed by atoms with van der Waals surface area (Å²) in [5, 5.41) is 10.3. The Bertz CT molecular complexity index is 1250. The van der Waals surface area contributed by atoms with E-state index in [1.807, 2.05) is 18.2 Å². The highest BCUT2D eigenvalue weighted by molar-refractivity contribution is 6.33. The number of halogens is 1. The number of fused-ring (bicyclic) bond motifs is 1. The van der Waals surface area contributed by atoms with E-state index in [2.05, 4.69) is 0 Å². The Morgan fingerprint density at radius 1 is 1.21 bits per heavy atom. The van der Waals surface area contributed by atoms with Crippen LogP contribution in [0.5, 0.6) is 5.75 Å². The van der Waals surface area contributed by atoms with Gasteiger partial charge in [0.1, 0.15) is 11.3 Å². The van der Waals surface area contributed by atoms with Crippen molar-refractivity contribution in [3.8, 4) is 16.9 Å². The average molecular weight is 470 g/mol. The van der Waals surface area contributed by atoms with E-state index in [-0.39, 0.29) is 18.2 Å². The fourth-order valence-corrected chi connectivity index (χ4v) is 4.55. The van der Waals surface area contributed by atoms with Gasteiger partial charge >= 0.3 is 11.6 Å². The average Bonchev–Trinajstić information content (AvgIpc) is 2.78. The van der Waals surface area contributed by atoms with Crippen LogP contribution in [0.1, 0.15) is 26.2 Å². The number of rotatable bonds is 6. The van der Waals surface area contributed by atoms with Crippen molar-refractivity contribution in [3.63, 3.8) is 0 Å². The molecule has 0 bridgehead atoms. The number of amides is 1. The Morgan fingerprint density at radius 2 is 2.00 bits per heavy atom. The number of carboxylic acid groups (broad SMARTS) is 1. The maximum absolute atomic E-state index is 12.9. The van der Waals surface area contributed by atoms with E-state index < -0.39 is 17.7 Å². The second kappa shape index (κ2) is 9.67. The third kappa shape index (κ3) is 5.20. The van der Waals surface area contributed by atoms with Crippen LogP contribution in [0.3, 0.4) is 0 Å². The molecule has 1 fully saturated rings. The Kier molecular flexibility index (Phi) is 6.70. The van der Waals surface area contributed by atoms with Crippen molar-refractivity contribution in [1.82, 2.24) is 4.90 Å². The van der Waals surface area contributed by atoms with Crippen molar-refractivity contribution in [2.24, 2.45) is 5.92 Å². The van der Waals surface area contributed by atoms with E-state index >= 15 is 0 Å². The van der Waals surface area contributed by atoms with Crippen LogP contribution in [0.25, 0.3) is 22.1 Å². The minimum absolute atomic E-state index is 0.0504. The molecule has 4 rings (SSSR count). The zero-order valence-electron chi connectivity index (χ0n) is 18.1. The summed E-state index contributed by atoms with van der Waals surface area (Å²) in [6, 6.07) is 13.7. The number of hydrogen-bond donors (Lipinski definition) is 1. The lowest BCUT2D eigenvalue weighted by Gasteiger charge is -2.33. The van der Waals surface area contributed by atoms with E-state index in [0.717, 1.165) is 18.4 Å². The molecule has 1 aromatic heterocycles. The molecule has 2 aromatic carbocycles. The van der Waals surface area contributed by atoms with Crippen LogP contribution in [0.4, 0.5) is 0 Å². The van der Waals surface area contributed by atoms with Gasteiger partial charge in [0.05, 0.1) is 0 Å². The number of hydrogen-bond acceptors (Lipinski definition) is 5. The molecule has 1 aliphatic heterocycles. The maximum atomic E-state index is 12.9. The monoisotopic (exact) mass is 469 g/mol. The normalized spacial score (nSPS) is 17.0. The van der Waals surface area contributed by atoms with Crippen LogP contribution < -0.4 is 10.4 Å². The summed E-state index contributed by atoms with van der Waals surface area (Å²) in [5.74, 6) is -0.712. The van der Waals surface area contributed by atoms with Crippen LogP contribution >= 0.6 is 11.6 Å². The molecule has 0 spiro atoms. The Morgan fingerprint density at radius 3 is 2.76 bits per heavy atom. The zero-order chi connectivity index (χ0) is 23.5. The van der Waals surface area contributed by atoms with Crippen LogP contribution in [-0.4, -0.2) is 41.1 Å². The summed E-state index contributed by atoms with van der Waals surface area (Å²) in [7, 11) is 0. The molecular weight excluding hydrogens is 446 g/mol. The summed E-state index contributed by atoms with van der Waals surface area (Å²) in [4.78, 5) is 37.8. The third-order valence-electron chi connectivity index (χ3n) is 5.83. The first kappa shape index (κ1) is 22.9. The molecule has 0 aliphatic carbocycles. The Balaban J connectivity index is 1.54. The largest absolute Gasteiger partial charge is 0.481 e. The van der Waals surface area contributed by atoms with Gasteiger partial charge in [0, 0.05) is 53.2 Å². The van der Waals surface area contributed by atoms with Gasteiger partial charge in [-0.15, -0.1) is 0 Å². The molecule has 2 heterocycles. The minimum Gasteiger partial charge on any atom is -0.481 e. The lowest BCUT2D eigenvalue weighted by atomic mass is 9.94. The number of benzene rings is 2. The van der Waals surface area contributed by atoms with Gasteiger partial charge in [-0.25, -0.2) is 4.79 Å². The molecule has 0 radical (unpaired) electrons. The van der Waals surface area contributed by atoms with Gasteiger partial charge in [0.15, 0.2) is 6.10 Å². The highest BCUT2D eigenvalue weighted by atomic mass is 35.5. The van der Waals surface area contributed by atoms with Gasteiger partial charge in [-0.1, -0.05) is 29.8 Å². The first-order valence-corrected chi connectivity index (χ1v) is 11.2. The minimum atomic E-state index is -0.854. The Labute approximate surface area is 195 Å². The van der Waals surface area contributed by atoms with Crippen molar-refractivity contribution in [3.05, 3.63) is 64.0 Å². The number of carbonyl (C=O) groups excluding carboxylic acids is 1. The number of ether oxygens (including phenoxy) is 1. The molecule has 8 heteroatoms. The van der Waals surface area contributed by atoms with E-state index in [1.165, 1.54) is 6.07 Å². The molecule has 0 saturated carbocycles. The summed E-state index contributed by atoms with van der Waals surface area (Å²) in [6.07, 6.45) is 0.839. The predicted octanol–water partition coefficient (Wildman–Crippen LogP) is 4.59. The van der Waals surface area contributed by atoms with Gasteiger partial charge in [-0.2, -0.15) is 0 Å². The van der Waals surface area contributed by atoms with Gasteiger partial charge < -0.3 is 19.2 Å². The first-order chi connectivity index (χ1) is 15.8. The molecular formula is C25H24ClNO6. The molecule has 7 nitrogen and oxygen atoms in total. The zero-order valence-corrected chi connectivity index (χ0v) is 18.9. The first-order valence-electron chi connectivity index (χ1n) is 10.8. The summed E-state index contributed by atoms with van der Waals surface area (Å²) < 4.78 is 11.3. The molecule has 3 aromatic rings. The molecule has 33 heavy (non-hydrogen) atoms. The number of carbonyl (C=O) groups is 2. The summed E-state index contributed by atoms with van der Waals surface area (Å²) in [5.41, 5.74) is 1.18. The highest BCUT2D eigenvalue weighted by Crippen LogP contribution is 2.34. The molecule has 2 atom stereocenters. The van der Waals surface area contributed by atoms with Crippen molar-refractivity contribution in [1.29, 1.82) is 0 Å². The van der Waals surface area contributed by atoms with Crippen LogP contribution in [0.2, 0.25) is 5.02 Å². The third-order valence-corrected chi connectivity index (χ3v) is 6.16. The standard InChI is InChI=1S/C25H24ClNO6/c1-15(25(31)27-10-4-5-16(14-27)11-23(28)29)32-17-8-9-19-20(13-24(30)33-22(19)12-17)18-6-2-3-7-21(18)26/h2-3,6-9,12-13,15-16H,4-5,10-11,14H2,1H3,(H,28,29)/t15-,16+/m1/s1. The van der Waals surface area contributed by atoms with Crippen molar-refractivity contribution >= 4 is 34.4 Å². The maximum Gasteiger partial charge on any atom is 0.336 e. The van der Waals surface area contributed by atoms with E-state index in [9.17, 15) is 14.4 Å². The molecule has 1 aliphatic rings.